The van der Waals surface area contributed by atoms with E-state index in [4.69, 9.17) is 11.6 Å². The molecule has 0 aliphatic heterocycles. The van der Waals surface area contributed by atoms with Crippen molar-refractivity contribution in [2.24, 2.45) is 0 Å². The van der Waals surface area contributed by atoms with E-state index in [1.807, 2.05) is 0 Å². The Balaban J connectivity index is 1.10. The summed E-state index contributed by atoms with van der Waals surface area (Å²) in [7, 11) is 0. The van der Waals surface area contributed by atoms with Gasteiger partial charge in [0.05, 0.1) is 27.8 Å². The minimum absolute atomic E-state index is 0.0176. The summed E-state index contributed by atoms with van der Waals surface area (Å²) in [6, 6.07) is 78.3. The van der Waals surface area contributed by atoms with E-state index in [1.165, 1.54) is 98.0 Å². The first-order valence-electron chi connectivity index (χ1n) is 32.2. The average Bonchev–Trinajstić information content (AvgIpc) is 1.11. The van der Waals surface area contributed by atoms with Crippen molar-refractivity contribution in [3.8, 4) is 33.4 Å². The van der Waals surface area contributed by atoms with Crippen LogP contribution in [0.5, 0.6) is 0 Å². The first-order valence-corrected chi connectivity index (χ1v) is 33.5. The number of thiophene rings is 1. The Morgan fingerprint density at radius 2 is 0.656 bits per heavy atom. The van der Waals surface area contributed by atoms with Crippen LogP contribution in [0, 0.1) is 0 Å². The summed E-state index contributed by atoms with van der Waals surface area (Å²) in [5, 5.41) is 11.7. The van der Waals surface area contributed by atoms with E-state index in [-0.39, 0.29) is 32.5 Å². The van der Waals surface area contributed by atoms with Gasteiger partial charge in [0.2, 0.25) is 0 Å². The summed E-state index contributed by atoms with van der Waals surface area (Å²) in [5.74, 6) is 0. The minimum Gasteiger partial charge on any atom is -0.309 e. The highest BCUT2D eigenvalue weighted by Gasteiger charge is 2.30. The maximum absolute atomic E-state index is 8.44. The summed E-state index contributed by atoms with van der Waals surface area (Å²) in [5.41, 5.74) is 20.5. The molecule has 0 radical (unpaired) electrons. The first-order chi connectivity index (χ1) is 42.3. The second-order valence-corrected chi connectivity index (χ2v) is 32.7. The van der Waals surface area contributed by atoms with Crippen LogP contribution in [0.4, 0.5) is 34.1 Å². The van der Waals surface area contributed by atoms with Crippen molar-refractivity contribution in [1.82, 2.24) is 0 Å². The van der Waals surface area contributed by atoms with E-state index < -0.39 is 0 Å². The van der Waals surface area contributed by atoms with Gasteiger partial charge < -0.3 is 9.80 Å². The molecule has 0 bridgehead atoms. The number of nitrogens with zero attached hydrogens (tertiary/aromatic N) is 2. The Kier molecular flexibility index (Phi) is 15.7. The molecule has 2 nitrogen and oxygen atoms in total. The second-order valence-electron chi connectivity index (χ2n) is 31.4. The summed E-state index contributed by atoms with van der Waals surface area (Å²) in [6.45, 7) is 41.6. The molecular formula is C86H89ClN2S. The molecule has 0 fully saturated rings. The highest BCUT2D eigenvalue weighted by molar-refractivity contribution is 7.17. The Morgan fingerprint density at radius 1 is 0.267 bits per heavy atom. The molecule has 0 aliphatic rings. The highest BCUT2D eigenvalue weighted by Crippen LogP contribution is 2.53. The average molecular weight is 1220 g/mol. The Morgan fingerprint density at radius 3 is 1.10 bits per heavy atom. The number of rotatable bonds is 9. The van der Waals surface area contributed by atoms with Gasteiger partial charge in [0.1, 0.15) is 0 Å². The zero-order valence-electron chi connectivity index (χ0n) is 56.4. The van der Waals surface area contributed by atoms with Crippen LogP contribution < -0.4 is 9.80 Å². The van der Waals surface area contributed by atoms with E-state index >= 15 is 0 Å². The molecule has 0 N–H and O–H groups in total. The number of benzene rings is 11. The van der Waals surface area contributed by atoms with Gasteiger partial charge in [0.25, 0.3) is 0 Å². The molecule has 11 aromatic carbocycles. The molecule has 0 atom stereocenters. The SMILES string of the molecule is CC(C)(C)c1cc(-c2ccc(N(c3ccc(-c4cc(C(C)(C)C)cc(C(C)(C)C)c4)cc3)c3cccc(N(c4ccc(C(C)(C)C)cc4-c4ccc5c6ccccc6c6ccccc6c5c4)c4csc5ccc(C(C)(C)C)cc45)c3Cl)cc2)cc(C(C)(C)C)c1. The number of fused-ring (bicyclic) bond motifs is 7. The predicted octanol–water partition coefficient (Wildman–Crippen LogP) is 26.7. The minimum atomic E-state index is -0.133. The van der Waals surface area contributed by atoms with Crippen LogP contribution in [0.25, 0.3) is 75.8 Å². The lowest BCUT2D eigenvalue weighted by atomic mass is 9.79. The van der Waals surface area contributed by atoms with E-state index in [9.17, 15) is 0 Å². The molecule has 456 valence electrons. The molecule has 12 rings (SSSR count). The van der Waals surface area contributed by atoms with Crippen molar-refractivity contribution in [3.63, 3.8) is 0 Å². The van der Waals surface area contributed by atoms with Crippen molar-refractivity contribution in [3.05, 3.63) is 250 Å². The van der Waals surface area contributed by atoms with Gasteiger partial charge in [-0.25, -0.2) is 0 Å². The molecule has 0 amide bonds. The fourth-order valence-electron chi connectivity index (χ4n) is 12.8. The van der Waals surface area contributed by atoms with Crippen molar-refractivity contribution in [2.45, 2.75) is 157 Å². The largest absolute Gasteiger partial charge is 0.309 e. The molecule has 0 saturated carbocycles. The normalized spacial score (nSPS) is 12.8. The Bertz CT molecular complexity index is 4490. The number of hydrogen-bond donors (Lipinski definition) is 0. The van der Waals surface area contributed by atoms with Crippen LogP contribution in [0.15, 0.2) is 212 Å². The Labute approximate surface area is 546 Å². The number of hydrogen-bond acceptors (Lipinski definition) is 3. The van der Waals surface area contributed by atoms with E-state index in [0.717, 1.165) is 45.3 Å². The summed E-state index contributed by atoms with van der Waals surface area (Å²) in [4.78, 5) is 4.83. The van der Waals surface area contributed by atoms with Gasteiger partial charge in [-0.3, -0.25) is 0 Å². The van der Waals surface area contributed by atoms with Crippen LogP contribution in [0.2, 0.25) is 5.02 Å². The van der Waals surface area contributed by atoms with Crippen molar-refractivity contribution in [1.29, 1.82) is 0 Å². The number of anilines is 6. The number of halogens is 1. The maximum atomic E-state index is 8.44. The third-order valence-corrected chi connectivity index (χ3v) is 19.8. The maximum Gasteiger partial charge on any atom is 0.0887 e. The molecule has 12 aromatic rings. The van der Waals surface area contributed by atoms with Gasteiger partial charge in [-0.05, 0) is 193 Å². The standard InChI is InChI=1S/C86H89ClN2S/c1-81(2,3)59-35-42-75(72(51-59)56-34-41-71-69-26-20-19-24-67(69)68-25-21-22-27-70(68)73(71)48-56)89(78-53-90-79-43-36-60(52-74(78)79)82(4,5)6)77-29-23-28-76(80(77)87)88(65-37-30-54(31-38-65)57-44-61(83(7,8)9)49-62(45-57)84(10,11)12)66-39-32-55(33-40-66)58-46-63(85(13,14)15)50-64(47-58)86(16,17)18/h19-53H,1-18H3. The third kappa shape index (κ3) is 12.0. The molecule has 0 unspecified atom stereocenters. The van der Waals surface area contributed by atoms with Crippen LogP contribution in [0.3, 0.4) is 0 Å². The topological polar surface area (TPSA) is 6.48 Å². The van der Waals surface area contributed by atoms with Crippen LogP contribution in [-0.2, 0) is 32.5 Å². The quantitative estimate of drug-likeness (QED) is 0.133. The first kappa shape index (κ1) is 62.3. The van der Waals surface area contributed by atoms with Crippen LogP contribution in [0.1, 0.15) is 158 Å². The predicted molar refractivity (Wildman–Crippen MR) is 397 cm³/mol. The molecule has 1 aromatic heterocycles. The molecule has 0 saturated heterocycles. The van der Waals surface area contributed by atoms with Gasteiger partial charge >= 0.3 is 0 Å². The Hall–Kier alpha value is -7.95. The van der Waals surface area contributed by atoms with E-state index in [0.29, 0.717) is 5.02 Å². The molecule has 1 heterocycles. The van der Waals surface area contributed by atoms with Crippen molar-refractivity contribution in [2.75, 3.05) is 9.80 Å². The summed E-state index contributed by atoms with van der Waals surface area (Å²) in [6.07, 6.45) is 0. The summed E-state index contributed by atoms with van der Waals surface area (Å²) >= 11 is 10.2. The lowest BCUT2D eigenvalue weighted by Crippen LogP contribution is -2.17. The molecule has 90 heavy (non-hydrogen) atoms. The monoisotopic (exact) mass is 1220 g/mol. The van der Waals surface area contributed by atoms with Gasteiger partial charge in [0.15, 0.2) is 0 Å². The molecular weight excluding hydrogens is 1130 g/mol. The van der Waals surface area contributed by atoms with Crippen molar-refractivity contribution < 1.29 is 0 Å². The lowest BCUT2D eigenvalue weighted by molar-refractivity contribution is 0.568. The van der Waals surface area contributed by atoms with Gasteiger partial charge in [-0.15, -0.1) is 11.3 Å². The zero-order valence-corrected chi connectivity index (χ0v) is 58.0. The molecule has 4 heteroatoms. The van der Waals surface area contributed by atoms with Crippen LogP contribution in [-0.4, -0.2) is 0 Å². The van der Waals surface area contributed by atoms with E-state index in [2.05, 4.69) is 346 Å². The van der Waals surface area contributed by atoms with E-state index in [1.54, 1.807) is 11.3 Å². The summed E-state index contributed by atoms with van der Waals surface area (Å²) < 4.78 is 1.22. The zero-order chi connectivity index (χ0) is 64.2. The highest BCUT2D eigenvalue weighted by atomic mass is 35.5. The third-order valence-electron chi connectivity index (χ3n) is 18.5. The van der Waals surface area contributed by atoms with Gasteiger partial charge in [0, 0.05) is 32.4 Å². The van der Waals surface area contributed by atoms with Gasteiger partial charge in [-0.1, -0.05) is 276 Å². The fraction of sp³-hybridized carbons (Fsp3) is 0.279. The van der Waals surface area contributed by atoms with Gasteiger partial charge in [-0.2, -0.15) is 0 Å². The second kappa shape index (κ2) is 22.8. The fourth-order valence-corrected chi connectivity index (χ4v) is 14.0. The van der Waals surface area contributed by atoms with Crippen molar-refractivity contribution >= 4 is 99.5 Å². The van der Waals surface area contributed by atoms with Crippen LogP contribution >= 0.6 is 22.9 Å². The smallest absolute Gasteiger partial charge is 0.0887 e. The molecule has 0 aliphatic carbocycles. The lowest BCUT2D eigenvalue weighted by Gasteiger charge is -2.33. The molecule has 0 spiro atoms.